The molecule has 66 valence electrons. The fourth-order valence-electron chi connectivity index (χ4n) is 1.42. The summed E-state index contributed by atoms with van der Waals surface area (Å²) in [5.41, 5.74) is 0. The second kappa shape index (κ2) is 4.01. The molecule has 1 unspecified atom stereocenters. The Labute approximate surface area is 67.8 Å². The van der Waals surface area contributed by atoms with Crippen molar-refractivity contribution < 1.29 is 5.11 Å². The van der Waals surface area contributed by atoms with Crippen molar-refractivity contribution in [3.63, 3.8) is 0 Å². The lowest BCUT2D eigenvalue weighted by atomic mass is 10.2. The molecule has 4 heteroatoms. The second-order valence-corrected chi connectivity index (χ2v) is 3.02. The van der Waals surface area contributed by atoms with Gasteiger partial charge in [0, 0.05) is 32.7 Å². The summed E-state index contributed by atoms with van der Waals surface area (Å²) in [6, 6.07) is 0.487. The molecule has 4 nitrogen and oxygen atoms in total. The van der Waals surface area contributed by atoms with E-state index >= 15 is 0 Å². The largest absolute Gasteiger partial charge is 0.380 e. The third-order valence-corrected chi connectivity index (χ3v) is 2.11. The minimum Gasteiger partial charge on any atom is -0.380 e. The Hall–Kier alpha value is -0.160. The summed E-state index contributed by atoms with van der Waals surface area (Å²) in [6.07, 6.45) is 0. The highest BCUT2D eigenvalue weighted by molar-refractivity contribution is 4.72. The van der Waals surface area contributed by atoms with E-state index in [0.717, 1.165) is 19.6 Å². The van der Waals surface area contributed by atoms with Crippen LogP contribution < -0.4 is 5.32 Å². The number of hydrogen-bond acceptors (Lipinski definition) is 4. The maximum Gasteiger partial charge on any atom is 0.108 e. The molecule has 0 radical (unpaired) electrons. The Bertz CT molecular complexity index is 116. The molecule has 1 rings (SSSR count). The maximum atomic E-state index is 8.87. The summed E-state index contributed by atoms with van der Waals surface area (Å²) in [5.74, 6) is 0. The van der Waals surface area contributed by atoms with Crippen LogP contribution in [0.1, 0.15) is 6.92 Å². The summed E-state index contributed by atoms with van der Waals surface area (Å²) < 4.78 is 0. The normalized spacial score (nSPS) is 27.8. The van der Waals surface area contributed by atoms with E-state index in [4.69, 9.17) is 5.11 Å². The van der Waals surface area contributed by atoms with Gasteiger partial charge in [0.1, 0.15) is 6.73 Å². The average Bonchev–Trinajstić information content (AvgIpc) is 2.04. The molecule has 1 aliphatic rings. The summed E-state index contributed by atoms with van der Waals surface area (Å²) in [5, 5.41) is 16.2. The molecule has 1 atom stereocenters. The van der Waals surface area contributed by atoms with Crippen LogP contribution >= 0.6 is 0 Å². The molecular weight excluding hydrogens is 142 g/mol. The second-order valence-electron chi connectivity index (χ2n) is 3.02. The molecule has 0 aromatic carbocycles. The van der Waals surface area contributed by atoms with E-state index in [1.165, 1.54) is 0 Å². The first-order valence-corrected chi connectivity index (χ1v) is 4.05. The Balaban J connectivity index is 2.40. The van der Waals surface area contributed by atoms with Gasteiger partial charge in [-0.2, -0.15) is 0 Å². The van der Waals surface area contributed by atoms with Crippen molar-refractivity contribution >= 4 is 0 Å². The molecule has 0 aromatic heterocycles. The van der Waals surface area contributed by atoms with Crippen LogP contribution in [-0.4, -0.2) is 54.6 Å². The van der Waals surface area contributed by atoms with Crippen LogP contribution in [0.2, 0.25) is 0 Å². The van der Waals surface area contributed by atoms with E-state index in [2.05, 4.69) is 17.2 Å². The third kappa shape index (κ3) is 2.13. The molecule has 0 aromatic rings. The number of hydrazine groups is 1. The zero-order valence-electron chi connectivity index (χ0n) is 7.25. The fourth-order valence-corrected chi connectivity index (χ4v) is 1.42. The summed E-state index contributed by atoms with van der Waals surface area (Å²) in [4.78, 5) is 0. The lowest BCUT2D eigenvalue weighted by Gasteiger charge is -2.39. The van der Waals surface area contributed by atoms with E-state index in [9.17, 15) is 0 Å². The number of rotatable bonds is 2. The fraction of sp³-hybridized carbons (Fsp3) is 1.00. The topological polar surface area (TPSA) is 38.7 Å². The smallest absolute Gasteiger partial charge is 0.108 e. The quantitative estimate of drug-likeness (QED) is 0.511. The van der Waals surface area contributed by atoms with Crippen LogP contribution in [0, 0.1) is 0 Å². The van der Waals surface area contributed by atoms with Gasteiger partial charge in [0.25, 0.3) is 0 Å². The van der Waals surface area contributed by atoms with Gasteiger partial charge in [-0.05, 0) is 6.92 Å². The maximum absolute atomic E-state index is 8.87. The van der Waals surface area contributed by atoms with E-state index in [-0.39, 0.29) is 6.73 Å². The van der Waals surface area contributed by atoms with Gasteiger partial charge < -0.3 is 10.4 Å². The molecular formula is C7H17N3O. The van der Waals surface area contributed by atoms with Crippen molar-refractivity contribution in [1.82, 2.24) is 15.3 Å². The van der Waals surface area contributed by atoms with Crippen LogP contribution in [0.3, 0.4) is 0 Å². The highest BCUT2D eigenvalue weighted by Crippen LogP contribution is 2.03. The molecule has 11 heavy (non-hydrogen) atoms. The summed E-state index contributed by atoms with van der Waals surface area (Å²) in [7, 11) is 1.90. The SMILES string of the molecule is CC1CNCCN1N(C)CO. The molecule has 0 spiro atoms. The predicted molar refractivity (Wildman–Crippen MR) is 43.9 cm³/mol. The van der Waals surface area contributed by atoms with Crippen molar-refractivity contribution in [3.05, 3.63) is 0 Å². The van der Waals surface area contributed by atoms with Crippen LogP contribution in [0.25, 0.3) is 0 Å². The number of nitrogens with one attached hydrogen (secondary N) is 1. The molecule has 0 aliphatic carbocycles. The van der Waals surface area contributed by atoms with Crippen molar-refractivity contribution in [2.75, 3.05) is 33.4 Å². The molecule has 2 N–H and O–H groups in total. The minimum atomic E-state index is 0.102. The molecule has 1 saturated heterocycles. The molecule has 0 amide bonds. The van der Waals surface area contributed by atoms with Gasteiger partial charge in [-0.3, -0.25) is 0 Å². The van der Waals surface area contributed by atoms with Gasteiger partial charge in [-0.1, -0.05) is 0 Å². The Morgan fingerprint density at radius 1 is 1.73 bits per heavy atom. The molecule has 0 bridgehead atoms. The third-order valence-electron chi connectivity index (χ3n) is 2.11. The number of aliphatic hydroxyl groups is 1. The summed E-state index contributed by atoms with van der Waals surface area (Å²) in [6.45, 7) is 5.25. The minimum absolute atomic E-state index is 0.102. The van der Waals surface area contributed by atoms with Gasteiger partial charge in [0.15, 0.2) is 0 Å². The molecule has 1 aliphatic heterocycles. The first-order valence-electron chi connectivity index (χ1n) is 4.05. The highest BCUT2D eigenvalue weighted by atomic mass is 16.3. The van der Waals surface area contributed by atoms with E-state index in [1.807, 2.05) is 12.1 Å². The number of piperazine rings is 1. The van der Waals surface area contributed by atoms with Crippen molar-refractivity contribution in [2.24, 2.45) is 0 Å². The first-order chi connectivity index (χ1) is 5.25. The lowest BCUT2D eigenvalue weighted by molar-refractivity contribution is -0.0927. The number of hydrogen-bond donors (Lipinski definition) is 2. The van der Waals surface area contributed by atoms with Crippen LogP contribution in [0.5, 0.6) is 0 Å². The van der Waals surface area contributed by atoms with Crippen molar-refractivity contribution in [3.8, 4) is 0 Å². The Kier molecular flexibility index (Phi) is 3.26. The summed E-state index contributed by atoms with van der Waals surface area (Å²) >= 11 is 0. The van der Waals surface area contributed by atoms with Crippen molar-refractivity contribution in [2.45, 2.75) is 13.0 Å². The number of aliphatic hydroxyl groups excluding tert-OH is 1. The number of nitrogens with zero attached hydrogens (tertiary/aromatic N) is 2. The van der Waals surface area contributed by atoms with Gasteiger partial charge >= 0.3 is 0 Å². The van der Waals surface area contributed by atoms with Gasteiger partial charge in [0.2, 0.25) is 0 Å². The van der Waals surface area contributed by atoms with Crippen LogP contribution in [0.15, 0.2) is 0 Å². The predicted octanol–water partition coefficient (Wildman–Crippen LogP) is -0.923. The van der Waals surface area contributed by atoms with E-state index in [0.29, 0.717) is 6.04 Å². The lowest BCUT2D eigenvalue weighted by Crippen LogP contribution is -2.56. The Morgan fingerprint density at radius 3 is 3.00 bits per heavy atom. The Morgan fingerprint density at radius 2 is 2.45 bits per heavy atom. The van der Waals surface area contributed by atoms with Crippen LogP contribution in [0.4, 0.5) is 0 Å². The van der Waals surface area contributed by atoms with E-state index in [1.54, 1.807) is 0 Å². The molecule has 0 saturated carbocycles. The molecule has 1 heterocycles. The van der Waals surface area contributed by atoms with Crippen molar-refractivity contribution in [1.29, 1.82) is 0 Å². The average molecular weight is 159 g/mol. The van der Waals surface area contributed by atoms with Gasteiger partial charge in [0.05, 0.1) is 0 Å². The van der Waals surface area contributed by atoms with Crippen LogP contribution in [-0.2, 0) is 0 Å². The zero-order valence-corrected chi connectivity index (χ0v) is 7.25. The first kappa shape index (κ1) is 8.93. The zero-order chi connectivity index (χ0) is 8.27. The molecule has 1 fully saturated rings. The highest BCUT2D eigenvalue weighted by Gasteiger charge is 2.20. The van der Waals surface area contributed by atoms with Gasteiger partial charge in [-0.15, -0.1) is 0 Å². The van der Waals surface area contributed by atoms with Gasteiger partial charge in [-0.25, -0.2) is 10.0 Å². The van der Waals surface area contributed by atoms with E-state index < -0.39 is 0 Å². The monoisotopic (exact) mass is 159 g/mol. The standard InChI is InChI=1S/C7H17N3O/c1-7-5-8-3-4-10(7)9(2)6-11/h7-8,11H,3-6H2,1-2H3.